The molecule has 0 amide bonds. The molecule has 0 spiro atoms. The average Bonchev–Trinajstić information content (AvgIpc) is 2.42. The van der Waals surface area contributed by atoms with Gasteiger partial charge in [0.15, 0.2) is 0 Å². The van der Waals surface area contributed by atoms with E-state index in [1.54, 1.807) is 31.2 Å². The first-order chi connectivity index (χ1) is 9.77. The number of alkyl halides is 3. The molecular formula is C15H12Cl2F3N. The van der Waals surface area contributed by atoms with Gasteiger partial charge in [-0.3, -0.25) is 0 Å². The van der Waals surface area contributed by atoms with Crippen LogP contribution in [0.5, 0.6) is 0 Å². The zero-order valence-electron chi connectivity index (χ0n) is 11.0. The second-order valence-corrected chi connectivity index (χ2v) is 5.43. The Morgan fingerprint density at radius 1 is 1.00 bits per heavy atom. The van der Waals surface area contributed by atoms with Crippen molar-refractivity contribution in [2.45, 2.75) is 19.1 Å². The number of anilines is 1. The second kappa shape index (κ2) is 6.16. The van der Waals surface area contributed by atoms with Gasteiger partial charge in [0.25, 0.3) is 0 Å². The molecule has 6 heteroatoms. The van der Waals surface area contributed by atoms with Crippen molar-refractivity contribution in [1.82, 2.24) is 0 Å². The minimum absolute atomic E-state index is 0.301. The quantitative estimate of drug-likeness (QED) is 0.706. The van der Waals surface area contributed by atoms with Crippen LogP contribution in [0.25, 0.3) is 0 Å². The van der Waals surface area contributed by atoms with Crippen LogP contribution < -0.4 is 5.32 Å². The molecule has 0 saturated carbocycles. The number of hydrogen-bond donors (Lipinski definition) is 1. The van der Waals surface area contributed by atoms with Crippen molar-refractivity contribution < 1.29 is 13.2 Å². The third-order valence-electron chi connectivity index (χ3n) is 3.02. The molecule has 0 aliphatic rings. The Morgan fingerprint density at radius 2 is 1.71 bits per heavy atom. The minimum atomic E-state index is -4.35. The monoisotopic (exact) mass is 333 g/mol. The fourth-order valence-electron chi connectivity index (χ4n) is 1.90. The molecule has 0 fully saturated rings. The Hall–Kier alpha value is -1.39. The summed E-state index contributed by atoms with van der Waals surface area (Å²) in [5.74, 6) is 0. The summed E-state index contributed by atoms with van der Waals surface area (Å²) in [6, 6.07) is 9.90. The molecular weight excluding hydrogens is 322 g/mol. The van der Waals surface area contributed by atoms with E-state index in [4.69, 9.17) is 23.2 Å². The summed E-state index contributed by atoms with van der Waals surface area (Å²) in [6.07, 6.45) is -4.35. The molecule has 1 N–H and O–H groups in total. The van der Waals surface area contributed by atoms with Gasteiger partial charge >= 0.3 is 6.18 Å². The van der Waals surface area contributed by atoms with Gasteiger partial charge in [0.1, 0.15) is 0 Å². The third kappa shape index (κ3) is 4.05. The summed E-state index contributed by atoms with van der Waals surface area (Å²) in [4.78, 5) is 0. The largest absolute Gasteiger partial charge is 0.416 e. The van der Waals surface area contributed by atoms with Gasteiger partial charge < -0.3 is 5.32 Å². The molecule has 0 aliphatic carbocycles. The van der Waals surface area contributed by atoms with E-state index in [0.717, 1.165) is 12.1 Å². The molecule has 0 aliphatic heterocycles. The fourth-order valence-corrected chi connectivity index (χ4v) is 2.20. The normalized spacial score (nSPS) is 13.0. The van der Waals surface area contributed by atoms with Gasteiger partial charge in [-0.1, -0.05) is 35.3 Å². The number of nitrogens with one attached hydrogen (secondary N) is 1. The van der Waals surface area contributed by atoms with Gasteiger partial charge in [-0.05, 0) is 42.8 Å². The fraction of sp³-hybridized carbons (Fsp3) is 0.200. The summed E-state index contributed by atoms with van der Waals surface area (Å²) in [5, 5.41) is 3.91. The molecule has 1 atom stereocenters. The van der Waals surface area contributed by atoms with E-state index in [1.165, 1.54) is 6.07 Å². The zero-order valence-corrected chi connectivity index (χ0v) is 12.5. The van der Waals surface area contributed by atoms with Gasteiger partial charge in [-0.2, -0.15) is 13.2 Å². The van der Waals surface area contributed by atoms with Gasteiger partial charge in [-0.25, -0.2) is 0 Å². The van der Waals surface area contributed by atoms with Crippen LogP contribution in [-0.4, -0.2) is 0 Å². The smallest absolute Gasteiger partial charge is 0.378 e. The van der Waals surface area contributed by atoms with Crippen LogP contribution in [0.1, 0.15) is 24.1 Å². The predicted octanol–water partition coefficient (Wildman–Crippen LogP) is 6.19. The van der Waals surface area contributed by atoms with Gasteiger partial charge in [0, 0.05) is 11.7 Å². The molecule has 2 aromatic rings. The van der Waals surface area contributed by atoms with E-state index < -0.39 is 11.7 Å². The molecule has 0 bridgehead atoms. The van der Waals surface area contributed by atoms with E-state index in [-0.39, 0.29) is 6.04 Å². The SMILES string of the molecule is CC(Nc1ccc(Cl)c(Cl)c1)c1cccc(C(F)(F)F)c1. The van der Waals surface area contributed by atoms with Crippen LogP contribution >= 0.6 is 23.2 Å². The Morgan fingerprint density at radius 3 is 2.33 bits per heavy atom. The zero-order chi connectivity index (χ0) is 15.6. The standard InChI is InChI=1S/C15H12Cl2F3N/c1-9(21-12-5-6-13(16)14(17)8-12)10-3-2-4-11(7-10)15(18,19)20/h2-9,21H,1H3. The lowest BCUT2D eigenvalue weighted by Crippen LogP contribution is -2.10. The van der Waals surface area contributed by atoms with Crippen molar-refractivity contribution in [2.75, 3.05) is 5.32 Å². The molecule has 1 nitrogen and oxygen atoms in total. The molecule has 112 valence electrons. The summed E-state index contributed by atoms with van der Waals surface area (Å²) in [6.45, 7) is 1.78. The van der Waals surface area contributed by atoms with Crippen molar-refractivity contribution >= 4 is 28.9 Å². The average molecular weight is 334 g/mol. The maximum Gasteiger partial charge on any atom is 0.416 e. The molecule has 0 heterocycles. The first-order valence-electron chi connectivity index (χ1n) is 6.16. The van der Waals surface area contributed by atoms with E-state index in [9.17, 15) is 13.2 Å². The van der Waals surface area contributed by atoms with Crippen LogP contribution in [0, 0.1) is 0 Å². The number of hydrogen-bond acceptors (Lipinski definition) is 1. The van der Waals surface area contributed by atoms with Crippen LogP contribution in [0.3, 0.4) is 0 Å². The van der Waals surface area contributed by atoms with Crippen molar-refractivity contribution in [3.63, 3.8) is 0 Å². The van der Waals surface area contributed by atoms with E-state index in [0.29, 0.717) is 21.3 Å². The lowest BCUT2D eigenvalue weighted by atomic mass is 10.0. The van der Waals surface area contributed by atoms with Gasteiger partial charge in [0.05, 0.1) is 15.6 Å². The van der Waals surface area contributed by atoms with E-state index in [1.807, 2.05) is 0 Å². The Labute approximate surface area is 130 Å². The highest BCUT2D eigenvalue weighted by Gasteiger charge is 2.30. The van der Waals surface area contributed by atoms with Crippen LogP contribution in [0.15, 0.2) is 42.5 Å². The highest BCUT2D eigenvalue weighted by Crippen LogP contribution is 2.32. The van der Waals surface area contributed by atoms with Crippen molar-refractivity contribution in [2.24, 2.45) is 0 Å². The molecule has 0 saturated heterocycles. The molecule has 1 unspecified atom stereocenters. The van der Waals surface area contributed by atoms with Crippen molar-refractivity contribution in [3.8, 4) is 0 Å². The van der Waals surface area contributed by atoms with Crippen molar-refractivity contribution in [1.29, 1.82) is 0 Å². The molecule has 2 aromatic carbocycles. The molecule has 0 aromatic heterocycles. The van der Waals surface area contributed by atoms with E-state index in [2.05, 4.69) is 5.32 Å². The lowest BCUT2D eigenvalue weighted by Gasteiger charge is -2.17. The second-order valence-electron chi connectivity index (χ2n) is 4.62. The highest BCUT2D eigenvalue weighted by molar-refractivity contribution is 6.42. The Bertz CT molecular complexity index is 641. The summed E-state index contributed by atoms with van der Waals surface area (Å²) < 4.78 is 38.1. The van der Waals surface area contributed by atoms with Gasteiger partial charge in [-0.15, -0.1) is 0 Å². The van der Waals surface area contributed by atoms with Gasteiger partial charge in [0.2, 0.25) is 0 Å². The van der Waals surface area contributed by atoms with Crippen LogP contribution in [-0.2, 0) is 6.18 Å². The van der Waals surface area contributed by atoms with Crippen molar-refractivity contribution in [3.05, 3.63) is 63.6 Å². The molecule has 0 radical (unpaired) electrons. The number of rotatable bonds is 3. The Balaban J connectivity index is 2.20. The number of halogens is 5. The predicted molar refractivity (Wildman–Crippen MR) is 79.9 cm³/mol. The summed E-state index contributed by atoms with van der Waals surface area (Å²) in [7, 11) is 0. The first-order valence-corrected chi connectivity index (χ1v) is 6.91. The minimum Gasteiger partial charge on any atom is -0.378 e. The summed E-state index contributed by atoms with van der Waals surface area (Å²) >= 11 is 11.7. The maximum atomic E-state index is 12.7. The van der Waals surface area contributed by atoms with Crippen LogP contribution in [0.2, 0.25) is 10.0 Å². The number of benzene rings is 2. The lowest BCUT2D eigenvalue weighted by molar-refractivity contribution is -0.137. The van der Waals surface area contributed by atoms with E-state index >= 15 is 0 Å². The third-order valence-corrected chi connectivity index (χ3v) is 3.76. The molecule has 21 heavy (non-hydrogen) atoms. The maximum absolute atomic E-state index is 12.7. The van der Waals surface area contributed by atoms with Crippen LogP contribution in [0.4, 0.5) is 18.9 Å². The summed E-state index contributed by atoms with van der Waals surface area (Å²) in [5.41, 5.74) is 0.563. The Kier molecular flexibility index (Phi) is 4.69. The first kappa shape index (κ1) is 16.0. The molecule has 2 rings (SSSR count). The topological polar surface area (TPSA) is 12.0 Å². The highest BCUT2D eigenvalue weighted by atomic mass is 35.5.